The maximum absolute atomic E-state index is 12.9. The number of amides is 1. The highest BCUT2D eigenvalue weighted by molar-refractivity contribution is 7.13. The van der Waals surface area contributed by atoms with Gasteiger partial charge in [-0.1, -0.05) is 30.3 Å². The van der Waals surface area contributed by atoms with E-state index in [1.165, 1.54) is 22.5 Å². The Kier molecular flexibility index (Phi) is 4.22. The first kappa shape index (κ1) is 16.4. The standard InChI is InChI=1S/C21H17N3OS/c1-13-7-8-15(11-14(13)2)19-12-17(16-5-3-4-6-18(16)23-19)20(25)24-21-22-9-10-26-21/h3-12H,1-2H3,(H,22,24,25). The molecule has 4 nitrogen and oxygen atoms in total. The van der Waals surface area contributed by atoms with Crippen LogP contribution in [0.25, 0.3) is 22.2 Å². The summed E-state index contributed by atoms with van der Waals surface area (Å²) in [5.41, 5.74) is 5.62. The summed E-state index contributed by atoms with van der Waals surface area (Å²) in [7, 11) is 0. The lowest BCUT2D eigenvalue weighted by molar-refractivity contribution is 0.102. The summed E-state index contributed by atoms with van der Waals surface area (Å²) in [4.78, 5) is 21.8. The fourth-order valence-corrected chi connectivity index (χ4v) is 3.39. The van der Waals surface area contributed by atoms with Crippen molar-refractivity contribution in [3.8, 4) is 11.3 Å². The van der Waals surface area contributed by atoms with Crippen molar-refractivity contribution in [2.45, 2.75) is 13.8 Å². The van der Waals surface area contributed by atoms with Gasteiger partial charge in [-0.15, -0.1) is 11.3 Å². The largest absolute Gasteiger partial charge is 0.298 e. The van der Waals surface area contributed by atoms with Crippen LogP contribution in [0.15, 0.2) is 60.1 Å². The summed E-state index contributed by atoms with van der Waals surface area (Å²) in [6.45, 7) is 4.16. The van der Waals surface area contributed by atoms with Crippen LogP contribution in [0.2, 0.25) is 0 Å². The van der Waals surface area contributed by atoms with Gasteiger partial charge in [0.25, 0.3) is 5.91 Å². The molecule has 0 bridgehead atoms. The summed E-state index contributed by atoms with van der Waals surface area (Å²) in [6.07, 6.45) is 1.67. The second-order valence-electron chi connectivity index (χ2n) is 6.16. The lowest BCUT2D eigenvalue weighted by Crippen LogP contribution is -2.12. The summed E-state index contributed by atoms with van der Waals surface area (Å²) in [6, 6.07) is 15.8. The van der Waals surface area contributed by atoms with Crippen LogP contribution < -0.4 is 5.32 Å². The molecule has 5 heteroatoms. The van der Waals surface area contributed by atoms with Gasteiger partial charge in [-0.05, 0) is 43.2 Å². The third kappa shape index (κ3) is 3.09. The van der Waals surface area contributed by atoms with E-state index in [0.29, 0.717) is 10.7 Å². The number of rotatable bonds is 3. The molecule has 1 N–H and O–H groups in total. The van der Waals surface area contributed by atoms with Crippen molar-refractivity contribution in [2.24, 2.45) is 0 Å². The predicted octanol–water partition coefficient (Wildman–Crippen LogP) is 5.23. The van der Waals surface area contributed by atoms with Gasteiger partial charge in [0.2, 0.25) is 0 Å². The zero-order valence-electron chi connectivity index (χ0n) is 14.5. The molecule has 0 unspecified atom stereocenters. The molecule has 1 amide bonds. The number of pyridine rings is 1. The fourth-order valence-electron chi connectivity index (χ4n) is 2.86. The Morgan fingerprint density at radius 2 is 1.88 bits per heavy atom. The number of nitrogens with one attached hydrogen (secondary N) is 1. The van der Waals surface area contributed by atoms with Crippen molar-refractivity contribution in [1.82, 2.24) is 9.97 Å². The number of benzene rings is 2. The number of hydrogen-bond donors (Lipinski definition) is 1. The SMILES string of the molecule is Cc1ccc(-c2cc(C(=O)Nc3nccs3)c3ccccc3n2)cc1C. The van der Waals surface area contributed by atoms with Crippen LogP contribution in [0.4, 0.5) is 5.13 Å². The van der Waals surface area contributed by atoms with Gasteiger partial charge < -0.3 is 0 Å². The van der Waals surface area contributed by atoms with E-state index in [1.807, 2.05) is 41.8 Å². The van der Waals surface area contributed by atoms with Gasteiger partial charge in [-0.25, -0.2) is 9.97 Å². The van der Waals surface area contributed by atoms with Crippen molar-refractivity contribution in [3.05, 3.63) is 76.8 Å². The van der Waals surface area contributed by atoms with Crippen LogP contribution in [0.5, 0.6) is 0 Å². The maximum atomic E-state index is 12.9. The van der Waals surface area contributed by atoms with Crippen LogP contribution in [0.3, 0.4) is 0 Å². The first-order chi connectivity index (χ1) is 12.6. The molecule has 0 saturated heterocycles. The van der Waals surface area contributed by atoms with E-state index < -0.39 is 0 Å². The summed E-state index contributed by atoms with van der Waals surface area (Å²) < 4.78 is 0. The van der Waals surface area contributed by atoms with Gasteiger partial charge in [0.15, 0.2) is 5.13 Å². The number of fused-ring (bicyclic) bond motifs is 1. The third-order valence-electron chi connectivity index (χ3n) is 4.42. The molecular formula is C21H17N3OS. The molecule has 2 aromatic carbocycles. The molecule has 0 aliphatic heterocycles. The zero-order valence-corrected chi connectivity index (χ0v) is 15.3. The molecule has 4 rings (SSSR count). The van der Waals surface area contributed by atoms with Crippen LogP contribution in [-0.2, 0) is 0 Å². The maximum Gasteiger partial charge on any atom is 0.258 e. The normalized spacial score (nSPS) is 10.8. The van der Waals surface area contributed by atoms with E-state index in [2.05, 4.69) is 36.3 Å². The lowest BCUT2D eigenvalue weighted by atomic mass is 10.0. The molecule has 4 aromatic rings. The van der Waals surface area contributed by atoms with E-state index >= 15 is 0 Å². The summed E-state index contributed by atoms with van der Waals surface area (Å²) >= 11 is 1.40. The molecule has 0 atom stereocenters. The summed E-state index contributed by atoms with van der Waals surface area (Å²) in [5, 5.41) is 6.12. The van der Waals surface area contributed by atoms with E-state index in [1.54, 1.807) is 6.20 Å². The smallest absolute Gasteiger partial charge is 0.258 e. The Morgan fingerprint density at radius 1 is 1.04 bits per heavy atom. The Morgan fingerprint density at radius 3 is 2.65 bits per heavy atom. The van der Waals surface area contributed by atoms with E-state index in [9.17, 15) is 4.79 Å². The first-order valence-electron chi connectivity index (χ1n) is 8.30. The van der Waals surface area contributed by atoms with Gasteiger partial charge in [0.1, 0.15) is 0 Å². The number of nitrogens with zero attached hydrogens (tertiary/aromatic N) is 2. The van der Waals surface area contributed by atoms with E-state index in [0.717, 1.165) is 22.2 Å². The van der Waals surface area contributed by atoms with Crippen molar-refractivity contribution < 1.29 is 4.79 Å². The van der Waals surface area contributed by atoms with E-state index in [4.69, 9.17) is 4.98 Å². The van der Waals surface area contributed by atoms with Crippen LogP contribution in [0, 0.1) is 13.8 Å². The minimum absolute atomic E-state index is 0.177. The molecule has 0 fully saturated rings. The molecule has 0 aliphatic carbocycles. The molecule has 26 heavy (non-hydrogen) atoms. The fraction of sp³-hybridized carbons (Fsp3) is 0.0952. The molecule has 2 aromatic heterocycles. The van der Waals surface area contributed by atoms with Crippen molar-refractivity contribution >= 4 is 33.3 Å². The Bertz CT molecular complexity index is 1100. The molecule has 2 heterocycles. The second kappa shape index (κ2) is 6.69. The molecular weight excluding hydrogens is 342 g/mol. The predicted molar refractivity (Wildman–Crippen MR) is 107 cm³/mol. The highest BCUT2D eigenvalue weighted by Crippen LogP contribution is 2.27. The number of aryl methyl sites for hydroxylation is 2. The first-order valence-corrected chi connectivity index (χ1v) is 9.18. The van der Waals surface area contributed by atoms with Crippen molar-refractivity contribution in [1.29, 1.82) is 0 Å². The van der Waals surface area contributed by atoms with Crippen LogP contribution >= 0.6 is 11.3 Å². The molecule has 0 saturated carbocycles. The van der Waals surface area contributed by atoms with Crippen LogP contribution in [-0.4, -0.2) is 15.9 Å². The van der Waals surface area contributed by atoms with Crippen molar-refractivity contribution in [2.75, 3.05) is 5.32 Å². The Balaban J connectivity index is 1.85. The number of hydrogen-bond acceptors (Lipinski definition) is 4. The second-order valence-corrected chi connectivity index (χ2v) is 7.06. The molecule has 0 radical (unpaired) electrons. The average Bonchev–Trinajstić information content (AvgIpc) is 3.16. The van der Waals surface area contributed by atoms with Gasteiger partial charge in [0.05, 0.1) is 16.8 Å². The molecule has 0 spiro atoms. The van der Waals surface area contributed by atoms with E-state index in [-0.39, 0.29) is 5.91 Å². The van der Waals surface area contributed by atoms with Gasteiger partial charge >= 0.3 is 0 Å². The average molecular weight is 359 g/mol. The third-order valence-corrected chi connectivity index (χ3v) is 5.10. The summed E-state index contributed by atoms with van der Waals surface area (Å²) in [5.74, 6) is -0.177. The number of carbonyl (C=O) groups is 1. The number of anilines is 1. The van der Waals surface area contributed by atoms with Crippen LogP contribution in [0.1, 0.15) is 21.5 Å². The Hall–Kier alpha value is -3.05. The quantitative estimate of drug-likeness (QED) is 0.545. The number of aromatic nitrogens is 2. The minimum Gasteiger partial charge on any atom is -0.298 e. The highest BCUT2D eigenvalue weighted by Gasteiger charge is 2.15. The number of carbonyl (C=O) groups excluding carboxylic acids is 1. The van der Waals surface area contributed by atoms with Gasteiger partial charge in [-0.3, -0.25) is 10.1 Å². The Labute approximate surface area is 155 Å². The van der Waals surface area contributed by atoms with Crippen molar-refractivity contribution in [3.63, 3.8) is 0 Å². The zero-order chi connectivity index (χ0) is 18.1. The topological polar surface area (TPSA) is 54.9 Å². The van der Waals surface area contributed by atoms with Gasteiger partial charge in [-0.2, -0.15) is 0 Å². The highest BCUT2D eigenvalue weighted by atomic mass is 32.1. The molecule has 128 valence electrons. The monoisotopic (exact) mass is 359 g/mol. The number of para-hydroxylation sites is 1. The lowest BCUT2D eigenvalue weighted by Gasteiger charge is -2.10. The van der Waals surface area contributed by atoms with Gasteiger partial charge in [0, 0.05) is 22.5 Å². The minimum atomic E-state index is -0.177. The number of thiazole rings is 1. The molecule has 0 aliphatic rings.